The van der Waals surface area contributed by atoms with E-state index in [1.807, 2.05) is 0 Å². The van der Waals surface area contributed by atoms with Crippen LogP contribution in [0.2, 0.25) is 0 Å². The van der Waals surface area contributed by atoms with Crippen molar-refractivity contribution in [3.8, 4) is 6.07 Å². The zero-order valence-corrected chi connectivity index (χ0v) is 36.0. The molecule has 17 nitrogen and oxygen atoms in total. The number of nitriles is 1. The molecular weight excluding hydrogens is 947 g/mol. The summed E-state index contributed by atoms with van der Waals surface area (Å²) < 4.78 is 4.40. The fourth-order valence-corrected chi connectivity index (χ4v) is 5.50. The molecule has 6 rings (SSSR count). The van der Waals surface area contributed by atoms with Crippen molar-refractivity contribution in [1.82, 2.24) is 14.7 Å². The molecule has 0 bridgehead atoms. The number of esters is 1. The van der Waals surface area contributed by atoms with Gasteiger partial charge in [-0.1, -0.05) is 36.4 Å². The second-order valence-electron chi connectivity index (χ2n) is 11.5. The molecule has 0 spiro atoms. The fourth-order valence-electron chi connectivity index (χ4n) is 5.50. The van der Waals surface area contributed by atoms with Gasteiger partial charge >= 0.3 is 5.97 Å². The molecule has 0 saturated heterocycles. The molecule has 5 atom stereocenters. The molecular formula is C38H40AcN4O13. The number of imide groups is 3. The Hall–Kier alpha value is -5.01. The number of hydrogen-bond acceptors (Lipinski definition) is 14. The maximum atomic E-state index is 12.1. The topological polar surface area (TPSA) is 260 Å². The molecule has 18 heteroatoms. The van der Waals surface area contributed by atoms with Gasteiger partial charge in [0, 0.05) is 58.3 Å². The van der Waals surface area contributed by atoms with E-state index in [0.29, 0.717) is 28.5 Å². The molecule has 4 N–H and O–H groups in total. The predicted molar refractivity (Wildman–Crippen MR) is 191 cm³/mol. The fraction of sp³-hybridized carbons (Fsp3) is 0.289. The summed E-state index contributed by atoms with van der Waals surface area (Å²) in [6, 6.07) is 18.4. The molecule has 1 radical (unpaired) electrons. The number of amides is 6. The standard InChI is InChI=1S/C13H13NO5.C12H10N2O3.C11H9NO3.2CH4O.Ac/c1-7(10(15)13(18)19-2)14-11(16)8-5-3-4-6-9(8)12(14)17;1-7(10(15)6-13)14-11(16)8-4-2-3-5-9(8)12(14)17;1-7(6-13)12-10(14)8-4-2-3-5-9(8)11(12)15;2*1-2;/h3-7,10,15H,1-2H3;2-5,7,10,15H,1H3;2-7H,1H3;2*2H,1H3;. The van der Waals surface area contributed by atoms with Crippen molar-refractivity contribution in [2.24, 2.45) is 0 Å². The molecule has 6 amide bonds. The van der Waals surface area contributed by atoms with Crippen LogP contribution in [0.1, 0.15) is 82.9 Å². The smallest absolute Gasteiger partial charge is 0.336 e. The Morgan fingerprint density at radius 2 is 0.875 bits per heavy atom. The molecule has 3 aromatic carbocycles. The van der Waals surface area contributed by atoms with Gasteiger partial charge in [0.15, 0.2) is 12.2 Å². The third kappa shape index (κ3) is 10.0. The van der Waals surface area contributed by atoms with Gasteiger partial charge in [0.2, 0.25) is 0 Å². The number of nitrogens with zero attached hydrogens (tertiary/aromatic N) is 4. The predicted octanol–water partition coefficient (Wildman–Crippen LogP) is 0.848. The number of rotatable bonds is 7. The molecule has 0 aliphatic carbocycles. The van der Waals surface area contributed by atoms with Gasteiger partial charge in [-0.15, -0.1) is 0 Å². The number of aldehydes is 1. The third-order valence-corrected chi connectivity index (χ3v) is 8.38. The second kappa shape index (κ2) is 22.5. The number of fused-ring (bicyclic) bond motifs is 3. The first-order valence-electron chi connectivity index (χ1n) is 16.3. The van der Waals surface area contributed by atoms with Crippen molar-refractivity contribution in [3.05, 3.63) is 106 Å². The van der Waals surface area contributed by atoms with E-state index in [1.54, 1.807) is 66.7 Å². The molecule has 3 aliphatic heterocycles. The van der Waals surface area contributed by atoms with Gasteiger partial charge in [-0.05, 0) is 57.2 Å². The first-order valence-corrected chi connectivity index (χ1v) is 16.3. The van der Waals surface area contributed by atoms with Crippen LogP contribution in [0.4, 0.5) is 0 Å². The average molecular weight is 988 g/mol. The number of hydrogen-bond donors (Lipinski definition) is 4. The Balaban J connectivity index is 0.000000400. The van der Waals surface area contributed by atoms with E-state index in [1.165, 1.54) is 32.9 Å². The van der Waals surface area contributed by atoms with Crippen molar-refractivity contribution in [2.45, 2.75) is 51.1 Å². The van der Waals surface area contributed by atoms with Crippen LogP contribution < -0.4 is 0 Å². The summed E-state index contributed by atoms with van der Waals surface area (Å²) in [6.45, 7) is 4.41. The molecule has 3 aromatic rings. The van der Waals surface area contributed by atoms with Crippen LogP contribution in [0.25, 0.3) is 0 Å². The van der Waals surface area contributed by atoms with Gasteiger partial charge in [-0.2, -0.15) is 5.26 Å². The molecule has 0 saturated carbocycles. The third-order valence-electron chi connectivity index (χ3n) is 8.38. The van der Waals surface area contributed by atoms with Crippen molar-refractivity contribution < 1.29 is 108 Å². The number of carbonyl (C=O) groups excluding carboxylic acids is 8. The summed E-state index contributed by atoms with van der Waals surface area (Å²) in [4.78, 5) is 96.3. The van der Waals surface area contributed by atoms with Crippen LogP contribution in [0, 0.1) is 55.4 Å². The number of aliphatic hydroxyl groups excluding tert-OH is 4. The van der Waals surface area contributed by atoms with E-state index < -0.39 is 71.7 Å². The van der Waals surface area contributed by atoms with Crippen LogP contribution in [0.3, 0.4) is 0 Å². The Labute approximate surface area is 357 Å². The zero-order valence-electron chi connectivity index (χ0n) is 31.2. The van der Waals surface area contributed by atoms with Gasteiger partial charge in [0.25, 0.3) is 35.4 Å². The monoisotopic (exact) mass is 987 g/mol. The normalized spacial score (nSPS) is 15.8. The maximum absolute atomic E-state index is 12.1. The van der Waals surface area contributed by atoms with E-state index in [9.17, 15) is 48.6 Å². The van der Waals surface area contributed by atoms with Gasteiger partial charge in [-0.3, -0.25) is 43.5 Å². The number of ether oxygens (including phenoxy) is 1. The van der Waals surface area contributed by atoms with Crippen LogP contribution >= 0.6 is 0 Å². The molecule has 293 valence electrons. The average Bonchev–Trinajstić information content (AvgIpc) is 3.75. The van der Waals surface area contributed by atoms with Crippen LogP contribution in [0.5, 0.6) is 0 Å². The first-order chi connectivity index (χ1) is 26.2. The summed E-state index contributed by atoms with van der Waals surface area (Å²) in [5.74, 6) is -3.64. The molecule has 5 unspecified atom stereocenters. The van der Waals surface area contributed by atoms with Gasteiger partial charge in [0.05, 0.1) is 64.7 Å². The molecule has 3 aliphatic rings. The van der Waals surface area contributed by atoms with Gasteiger partial charge in [-0.25, -0.2) is 4.79 Å². The zero-order chi connectivity index (χ0) is 41.7. The maximum Gasteiger partial charge on any atom is 0.336 e. The Bertz CT molecular complexity index is 1890. The molecule has 3 heterocycles. The summed E-state index contributed by atoms with van der Waals surface area (Å²) in [5, 5.41) is 41.7. The summed E-state index contributed by atoms with van der Waals surface area (Å²) >= 11 is 0. The second-order valence-corrected chi connectivity index (χ2v) is 11.5. The minimum atomic E-state index is -1.56. The van der Waals surface area contributed by atoms with E-state index in [0.717, 1.165) is 36.0 Å². The first kappa shape index (κ1) is 49.0. The molecule has 56 heavy (non-hydrogen) atoms. The minimum absolute atomic E-state index is 0. The van der Waals surface area contributed by atoms with E-state index in [4.69, 9.17) is 15.5 Å². The van der Waals surface area contributed by atoms with Crippen LogP contribution in [-0.4, -0.2) is 134 Å². The number of carbonyl (C=O) groups is 8. The van der Waals surface area contributed by atoms with Crippen molar-refractivity contribution in [2.75, 3.05) is 21.3 Å². The van der Waals surface area contributed by atoms with E-state index >= 15 is 0 Å². The molecule has 0 fully saturated rings. The summed E-state index contributed by atoms with van der Waals surface area (Å²) in [6.07, 6.45) is -2.36. The minimum Gasteiger partial charge on any atom is -0.467 e. The van der Waals surface area contributed by atoms with E-state index in [-0.39, 0.29) is 55.2 Å². The summed E-state index contributed by atoms with van der Waals surface area (Å²) in [7, 11) is 3.13. The van der Waals surface area contributed by atoms with Crippen LogP contribution in [0.15, 0.2) is 72.8 Å². The van der Waals surface area contributed by atoms with Gasteiger partial charge < -0.3 is 30.0 Å². The number of methoxy groups -OCH3 is 1. The largest absolute Gasteiger partial charge is 0.467 e. The number of benzene rings is 3. The Morgan fingerprint density at radius 3 is 1.12 bits per heavy atom. The van der Waals surface area contributed by atoms with Crippen LogP contribution in [-0.2, 0) is 14.3 Å². The Kier molecular flexibility index (Phi) is 19.7. The Morgan fingerprint density at radius 1 is 0.607 bits per heavy atom. The number of aliphatic hydroxyl groups is 4. The molecule has 0 aromatic heterocycles. The quantitative estimate of drug-likeness (QED) is 0.111. The van der Waals surface area contributed by atoms with Crippen molar-refractivity contribution in [3.63, 3.8) is 0 Å². The van der Waals surface area contributed by atoms with Gasteiger partial charge in [0.1, 0.15) is 6.29 Å². The van der Waals surface area contributed by atoms with Crippen molar-refractivity contribution >= 4 is 47.7 Å². The summed E-state index contributed by atoms with van der Waals surface area (Å²) in [5.41, 5.74) is 1.92. The van der Waals surface area contributed by atoms with Crippen molar-refractivity contribution in [1.29, 1.82) is 5.26 Å². The van der Waals surface area contributed by atoms with E-state index in [2.05, 4.69) is 4.74 Å². The SMILES string of the molecule is CC(C(O)C#N)N1C(=O)c2ccccc2C1=O.CC(C=O)N1C(=O)c2ccccc2C1=O.CO.CO.COC(=O)C(O)C(C)N1C(=O)c2ccccc2C1=O.[Ac].